The van der Waals surface area contributed by atoms with Gasteiger partial charge < -0.3 is 15.3 Å². The van der Waals surface area contributed by atoms with Crippen molar-refractivity contribution in [1.29, 1.82) is 0 Å². The first-order valence-corrected chi connectivity index (χ1v) is 7.16. The molecule has 19 heavy (non-hydrogen) atoms. The third-order valence-corrected chi connectivity index (χ3v) is 4.08. The van der Waals surface area contributed by atoms with Gasteiger partial charge >= 0.3 is 0 Å². The molecule has 0 aliphatic heterocycles. The van der Waals surface area contributed by atoms with Crippen LogP contribution in [0, 0.1) is 0 Å². The molecule has 0 amide bonds. The van der Waals surface area contributed by atoms with Crippen molar-refractivity contribution in [1.82, 2.24) is 10.2 Å². The zero-order chi connectivity index (χ0) is 14.6. The molecule has 2 N–H and O–H groups in total. The van der Waals surface area contributed by atoms with E-state index in [4.69, 9.17) is 34.8 Å². The first kappa shape index (κ1) is 17.0. The van der Waals surface area contributed by atoms with E-state index in [0.29, 0.717) is 28.2 Å². The quantitative estimate of drug-likeness (QED) is 0.788. The second kappa shape index (κ2) is 7.67. The second-order valence-electron chi connectivity index (χ2n) is 4.81. The minimum absolute atomic E-state index is 0.0147. The van der Waals surface area contributed by atoms with E-state index in [2.05, 4.69) is 5.32 Å². The maximum absolute atomic E-state index is 9.80. The molecule has 0 bridgehead atoms. The van der Waals surface area contributed by atoms with E-state index >= 15 is 0 Å². The van der Waals surface area contributed by atoms with Gasteiger partial charge in [-0.25, -0.2) is 0 Å². The fraction of sp³-hybridized carbons (Fsp3) is 0.538. The summed E-state index contributed by atoms with van der Waals surface area (Å²) in [5, 5.41) is 14.3. The number of nitrogens with one attached hydrogen (secondary N) is 1. The highest BCUT2D eigenvalue weighted by atomic mass is 35.5. The van der Waals surface area contributed by atoms with E-state index in [-0.39, 0.29) is 6.04 Å². The molecular formula is C13H19Cl3N2O. The average molecular weight is 326 g/mol. The number of hydrogen-bond donors (Lipinski definition) is 2. The first-order valence-electron chi connectivity index (χ1n) is 6.02. The van der Waals surface area contributed by atoms with E-state index < -0.39 is 6.10 Å². The molecule has 0 aliphatic rings. The van der Waals surface area contributed by atoms with Crippen LogP contribution in [0.3, 0.4) is 0 Å². The van der Waals surface area contributed by atoms with Crippen LogP contribution in [0.25, 0.3) is 0 Å². The van der Waals surface area contributed by atoms with Crippen molar-refractivity contribution in [3.8, 4) is 0 Å². The van der Waals surface area contributed by atoms with Gasteiger partial charge in [0.15, 0.2) is 0 Å². The van der Waals surface area contributed by atoms with Crippen LogP contribution in [0.5, 0.6) is 0 Å². The summed E-state index contributed by atoms with van der Waals surface area (Å²) in [6.45, 7) is 3.05. The number of aliphatic hydroxyl groups excluding tert-OH is 1. The topological polar surface area (TPSA) is 35.5 Å². The van der Waals surface area contributed by atoms with Gasteiger partial charge in [-0.3, -0.25) is 0 Å². The van der Waals surface area contributed by atoms with Crippen molar-refractivity contribution in [2.45, 2.75) is 19.1 Å². The van der Waals surface area contributed by atoms with Gasteiger partial charge in [0.1, 0.15) is 0 Å². The Bertz CT molecular complexity index is 427. The number of nitrogens with zero attached hydrogens (tertiary/aromatic N) is 1. The van der Waals surface area contributed by atoms with Crippen molar-refractivity contribution in [2.24, 2.45) is 0 Å². The van der Waals surface area contributed by atoms with Crippen LogP contribution >= 0.6 is 34.8 Å². The van der Waals surface area contributed by atoms with Crippen LogP contribution in [0.2, 0.25) is 15.1 Å². The normalized spacial score (nSPS) is 14.7. The van der Waals surface area contributed by atoms with Crippen LogP contribution in [-0.2, 0) is 0 Å². The average Bonchev–Trinajstić information content (AvgIpc) is 2.32. The lowest BCUT2D eigenvalue weighted by Gasteiger charge is -2.21. The summed E-state index contributed by atoms with van der Waals surface area (Å²) in [4.78, 5) is 1.93. The molecule has 0 radical (unpaired) electrons. The molecule has 2 unspecified atom stereocenters. The molecule has 1 aromatic rings. The van der Waals surface area contributed by atoms with Gasteiger partial charge in [-0.1, -0.05) is 40.9 Å². The van der Waals surface area contributed by atoms with Gasteiger partial charge in [0.05, 0.1) is 21.2 Å². The highest BCUT2D eigenvalue weighted by molar-refractivity contribution is 6.48. The molecule has 1 rings (SSSR count). The predicted octanol–water partition coefficient (Wildman–Crippen LogP) is 3.22. The zero-order valence-corrected chi connectivity index (χ0v) is 13.5. The molecule has 0 saturated carbocycles. The number of rotatable bonds is 6. The van der Waals surface area contributed by atoms with E-state index in [0.717, 1.165) is 5.56 Å². The molecule has 0 saturated heterocycles. The minimum Gasteiger partial charge on any atom is -0.390 e. The largest absolute Gasteiger partial charge is 0.390 e. The molecule has 3 nitrogen and oxygen atoms in total. The molecule has 6 heteroatoms. The third kappa shape index (κ3) is 5.10. The highest BCUT2D eigenvalue weighted by Crippen LogP contribution is 2.35. The fourth-order valence-corrected chi connectivity index (χ4v) is 2.49. The fourth-order valence-electron chi connectivity index (χ4n) is 1.78. The number of halogens is 3. The molecule has 0 spiro atoms. The molecule has 0 aromatic heterocycles. The van der Waals surface area contributed by atoms with Crippen molar-refractivity contribution in [2.75, 3.05) is 27.2 Å². The lowest BCUT2D eigenvalue weighted by atomic mass is 10.1. The molecule has 0 fully saturated rings. The summed E-state index contributed by atoms with van der Waals surface area (Å²) >= 11 is 18.1. The summed E-state index contributed by atoms with van der Waals surface area (Å²) in [6.07, 6.45) is -0.431. The minimum atomic E-state index is -0.431. The number of likely N-dealkylation sites (N-methyl/N-ethyl adjacent to an activating group) is 1. The molecule has 0 heterocycles. The predicted molar refractivity (Wildman–Crippen MR) is 82.5 cm³/mol. The van der Waals surface area contributed by atoms with Gasteiger partial charge in [-0.05, 0) is 32.6 Å². The number of benzene rings is 1. The van der Waals surface area contributed by atoms with Crippen molar-refractivity contribution >= 4 is 34.8 Å². The molecule has 0 aliphatic carbocycles. The van der Waals surface area contributed by atoms with Crippen molar-refractivity contribution in [3.05, 3.63) is 32.8 Å². The Hall–Kier alpha value is -0.0300. The lowest BCUT2D eigenvalue weighted by Crippen LogP contribution is -2.36. The summed E-state index contributed by atoms with van der Waals surface area (Å²) in [5.74, 6) is 0. The van der Waals surface area contributed by atoms with Crippen LogP contribution in [0.4, 0.5) is 0 Å². The number of aliphatic hydroxyl groups is 1. The third-order valence-electron chi connectivity index (χ3n) is 2.77. The van der Waals surface area contributed by atoms with E-state index in [9.17, 15) is 5.11 Å². The lowest BCUT2D eigenvalue weighted by molar-refractivity contribution is 0.132. The zero-order valence-electron chi connectivity index (χ0n) is 11.3. The van der Waals surface area contributed by atoms with Gasteiger partial charge in [-0.2, -0.15) is 0 Å². The Morgan fingerprint density at radius 3 is 2.42 bits per heavy atom. The van der Waals surface area contributed by atoms with E-state index in [1.807, 2.05) is 32.0 Å². The Kier molecular flexibility index (Phi) is 6.87. The second-order valence-corrected chi connectivity index (χ2v) is 5.97. The van der Waals surface area contributed by atoms with E-state index in [1.54, 1.807) is 6.07 Å². The summed E-state index contributed by atoms with van der Waals surface area (Å²) in [7, 11) is 3.84. The standard InChI is InChI=1S/C13H19Cl3N2O/c1-8(17-6-9(19)7-18(2)3)10-4-5-11(14)13(16)12(10)15/h4-5,8-9,17,19H,6-7H2,1-3H3. The summed E-state index contributed by atoms with van der Waals surface area (Å²) in [6, 6.07) is 3.55. The Morgan fingerprint density at radius 1 is 1.21 bits per heavy atom. The van der Waals surface area contributed by atoms with Gasteiger partial charge in [-0.15, -0.1) is 0 Å². The molecule has 108 valence electrons. The maximum atomic E-state index is 9.80. The van der Waals surface area contributed by atoms with Crippen molar-refractivity contribution < 1.29 is 5.11 Å². The van der Waals surface area contributed by atoms with Crippen LogP contribution in [0.15, 0.2) is 12.1 Å². The maximum Gasteiger partial charge on any atom is 0.0791 e. The van der Waals surface area contributed by atoms with E-state index in [1.165, 1.54) is 0 Å². The SMILES string of the molecule is CC(NCC(O)CN(C)C)c1ccc(Cl)c(Cl)c1Cl. The first-order chi connectivity index (χ1) is 8.82. The smallest absolute Gasteiger partial charge is 0.0791 e. The van der Waals surface area contributed by atoms with Crippen LogP contribution < -0.4 is 5.32 Å². The monoisotopic (exact) mass is 324 g/mol. The molecular weight excluding hydrogens is 307 g/mol. The van der Waals surface area contributed by atoms with Gasteiger partial charge in [0.2, 0.25) is 0 Å². The Labute approximate surface area is 129 Å². The number of hydrogen-bond acceptors (Lipinski definition) is 3. The van der Waals surface area contributed by atoms with Crippen LogP contribution in [0.1, 0.15) is 18.5 Å². The molecule has 2 atom stereocenters. The van der Waals surface area contributed by atoms with Crippen molar-refractivity contribution in [3.63, 3.8) is 0 Å². The van der Waals surface area contributed by atoms with Crippen LogP contribution in [-0.4, -0.2) is 43.3 Å². The summed E-state index contributed by atoms with van der Waals surface area (Å²) < 4.78 is 0. The van der Waals surface area contributed by atoms with Gasteiger partial charge in [0, 0.05) is 19.1 Å². The Balaban J connectivity index is 2.64. The van der Waals surface area contributed by atoms with Gasteiger partial charge in [0.25, 0.3) is 0 Å². The Morgan fingerprint density at radius 2 is 1.84 bits per heavy atom. The highest BCUT2D eigenvalue weighted by Gasteiger charge is 2.15. The summed E-state index contributed by atoms with van der Waals surface area (Å²) in [5.41, 5.74) is 0.869. The molecule has 1 aromatic carbocycles.